The van der Waals surface area contributed by atoms with Crippen LogP contribution in [0.1, 0.15) is 0 Å². The van der Waals surface area contributed by atoms with E-state index in [1.54, 1.807) is 6.07 Å². The van der Waals surface area contributed by atoms with Gasteiger partial charge in [0, 0.05) is 0 Å². The number of phosphoric acid groups is 1. The van der Waals surface area contributed by atoms with Gasteiger partial charge in [-0.05, 0) is 0 Å². The van der Waals surface area contributed by atoms with E-state index in [2.05, 4.69) is 6.07 Å². The number of anilines is 1. The Hall–Kier alpha value is 0.507. The van der Waals surface area contributed by atoms with Gasteiger partial charge in [0.05, 0.1) is 0 Å². The zero-order valence-electron chi connectivity index (χ0n) is 6.47. The third kappa shape index (κ3) is 19.1. The molecule has 68 valence electrons. The van der Waals surface area contributed by atoms with Gasteiger partial charge >= 0.3 is 41.7 Å². The Bertz CT molecular complexity index is 254. The Morgan fingerprint density at radius 3 is 2.00 bits per heavy atom. The summed E-state index contributed by atoms with van der Waals surface area (Å²) in [5, 5.41) is 0. The van der Waals surface area contributed by atoms with E-state index >= 15 is 0 Å². The fraction of sp³-hybridized carbons (Fsp3) is 0. The second-order valence-corrected chi connectivity index (χ2v) is 2.68. The van der Waals surface area contributed by atoms with E-state index < -0.39 is 7.82 Å². The molecule has 0 atom stereocenters. The van der Waals surface area contributed by atoms with Crippen molar-refractivity contribution in [2.45, 2.75) is 0 Å². The molecule has 1 rings (SSSR count). The van der Waals surface area contributed by atoms with E-state index in [0.29, 0.717) is 0 Å². The molecule has 0 heterocycles. The third-order valence-electron chi connectivity index (χ3n) is 0.731. The van der Waals surface area contributed by atoms with Crippen LogP contribution >= 0.6 is 7.82 Å². The zero-order valence-corrected chi connectivity index (χ0v) is 10.5. The van der Waals surface area contributed by atoms with Crippen LogP contribution in [0.5, 0.6) is 0 Å². The molecule has 0 bridgehead atoms. The number of hydrogen-bond acceptors (Lipinski definition) is 5. The van der Waals surface area contributed by atoms with Gasteiger partial charge in [0.25, 0.3) is 0 Å². The minimum atomic E-state index is -5.39. The summed E-state index contributed by atoms with van der Waals surface area (Å²) in [5.74, 6) is 0. The Kier molecular flexibility index (Phi) is 9.66. The summed E-state index contributed by atoms with van der Waals surface area (Å²) in [5.41, 5.74) is 6.09. The van der Waals surface area contributed by atoms with Crippen molar-refractivity contribution in [3.63, 3.8) is 0 Å². The summed E-state index contributed by atoms with van der Waals surface area (Å²) >= 11 is 0. The summed E-state index contributed by atoms with van der Waals surface area (Å²) in [6.45, 7) is 0. The van der Waals surface area contributed by atoms with E-state index in [9.17, 15) is 0 Å². The van der Waals surface area contributed by atoms with Crippen LogP contribution in [0.25, 0.3) is 0 Å². The van der Waals surface area contributed by atoms with Crippen LogP contribution in [0.3, 0.4) is 0 Å². The summed E-state index contributed by atoms with van der Waals surface area (Å²) < 4.78 is 8.55. The molecule has 0 saturated carbocycles. The van der Waals surface area contributed by atoms with Crippen LogP contribution in [0.15, 0.2) is 24.3 Å². The maximum Gasteiger partial charge on any atom is 4.00 e. The SMILES string of the molecule is Nc1c[c-]ccc1.O=P([O-])([O-])[O-].[Ce+4]. The number of benzene rings is 1. The molecule has 0 fully saturated rings. The molecule has 1 aromatic carbocycles. The van der Waals surface area contributed by atoms with Gasteiger partial charge in [-0.1, -0.05) is 5.69 Å². The quantitative estimate of drug-likeness (QED) is 0.345. The molecule has 2 N–H and O–H groups in total. The van der Waals surface area contributed by atoms with Crippen molar-refractivity contribution in [1.29, 1.82) is 0 Å². The third-order valence-corrected chi connectivity index (χ3v) is 0.731. The van der Waals surface area contributed by atoms with Crippen LogP contribution in [0.4, 0.5) is 5.69 Å². The van der Waals surface area contributed by atoms with Crippen LogP contribution in [-0.4, -0.2) is 0 Å². The van der Waals surface area contributed by atoms with Crippen molar-refractivity contribution >= 4 is 13.5 Å². The molecule has 0 radical (unpaired) electrons. The van der Waals surface area contributed by atoms with Crippen LogP contribution in [0, 0.1) is 47.8 Å². The molecule has 0 aliphatic rings. The van der Waals surface area contributed by atoms with Gasteiger partial charge in [-0.15, -0.1) is 0 Å². The van der Waals surface area contributed by atoms with Crippen molar-refractivity contribution in [1.82, 2.24) is 0 Å². The standard InChI is InChI=1S/C6H6N.Ce.H3O4P/c7-6-4-2-1-3-5-6;;1-5(2,3)4/h1-2,4-5H,7H2;;(H3,1,2,3,4)/q-1;+4;/p-3. The summed E-state index contributed by atoms with van der Waals surface area (Å²) in [4.78, 5) is 25.6. The molecule has 1 aromatic rings. The predicted octanol–water partition coefficient (Wildman–Crippen LogP) is -1.76. The molecule has 0 saturated heterocycles. The first-order chi connectivity index (χ1) is 5.39. The number of nitrogens with two attached hydrogens (primary N) is 1. The van der Waals surface area contributed by atoms with E-state index in [0.717, 1.165) is 5.69 Å². The molecule has 0 spiro atoms. The molecular weight excluding hydrogens is 321 g/mol. The summed E-state index contributed by atoms with van der Waals surface area (Å²) in [7, 11) is -5.39. The smallest absolute Gasteiger partial charge is 0.822 e. The van der Waals surface area contributed by atoms with E-state index in [1.165, 1.54) is 0 Å². The van der Waals surface area contributed by atoms with Crippen molar-refractivity contribution in [3.05, 3.63) is 30.3 Å². The van der Waals surface area contributed by atoms with Gasteiger partial charge < -0.3 is 25.0 Å². The average Bonchev–Trinajstić information content (AvgIpc) is 1.85. The Balaban J connectivity index is 0. The number of rotatable bonds is 0. The van der Waals surface area contributed by atoms with Gasteiger partial charge in [-0.2, -0.15) is 38.2 Å². The first-order valence-corrected chi connectivity index (χ1v) is 4.30. The number of nitrogen functional groups attached to an aromatic ring is 1. The summed E-state index contributed by atoms with van der Waals surface area (Å²) in [6, 6.07) is 10.1. The topological polar surface area (TPSA) is 112 Å². The predicted molar refractivity (Wildman–Crippen MR) is 37.3 cm³/mol. The van der Waals surface area contributed by atoms with Crippen molar-refractivity contribution in [2.24, 2.45) is 0 Å². The molecule has 0 aromatic heterocycles. The Morgan fingerprint density at radius 2 is 1.85 bits per heavy atom. The minimum absolute atomic E-state index is 0. The van der Waals surface area contributed by atoms with Gasteiger partial charge in [-0.3, -0.25) is 0 Å². The Morgan fingerprint density at radius 1 is 1.38 bits per heavy atom. The molecule has 0 unspecified atom stereocenters. The van der Waals surface area contributed by atoms with E-state index in [1.807, 2.05) is 18.2 Å². The molecule has 13 heavy (non-hydrogen) atoms. The number of hydrogen-bond donors (Lipinski definition) is 1. The average molecular weight is 327 g/mol. The largest absolute Gasteiger partial charge is 4.00 e. The van der Waals surface area contributed by atoms with Crippen molar-refractivity contribution in [3.8, 4) is 0 Å². The fourth-order valence-corrected chi connectivity index (χ4v) is 0.407. The van der Waals surface area contributed by atoms with Crippen molar-refractivity contribution < 1.29 is 61.0 Å². The van der Waals surface area contributed by atoms with Crippen LogP contribution < -0.4 is 20.4 Å². The van der Waals surface area contributed by atoms with Gasteiger partial charge in [0.2, 0.25) is 0 Å². The molecule has 5 nitrogen and oxygen atoms in total. The van der Waals surface area contributed by atoms with E-state index in [4.69, 9.17) is 25.0 Å². The maximum absolute atomic E-state index is 8.55. The monoisotopic (exact) mass is 327 g/mol. The molecule has 7 heteroatoms. The van der Waals surface area contributed by atoms with Gasteiger partial charge in [0.15, 0.2) is 0 Å². The Labute approximate surface area is 110 Å². The molecule has 0 amide bonds. The first kappa shape index (κ1) is 16.0. The minimum Gasteiger partial charge on any atom is -0.822 e. The van der Waals surface area contributed by atoms with Crippen molar-refractivity contribution in [2.75, 3.05) is 5.73 Å². The molecule has 0 aliphatic heterocycles. The zero-order chi connectivity index (χ0) is 9.61. The van der Waals surface area contributed by atoms with Gasteiger partial charge in [0.1, 0.15) is 0 Å². The summed E-state index contributed by atoms with van der Waals surface area (Å²) in [6.07, 6.45) is 0. The molecule has 0 aliphatic carbocycles. The molecular formula is C6H6CeNO4P. The first-order valence-electron chi connectivity index (χ1n) is 2.84. The second-order valence-electron chi connectivity index (χ2n) is 1.78. The normalized spacial score (nSPS) is 9.15. The maximum atomic E-state index is 8.55. The fourth-order valence-electron chi connectivity index (χ4n) is 0.407. The van der Waals surface area contributed by atoms with Gasteiger partial charge in [-0.25, -0.2) is 0 Å². The van der Waals surface area contributed by atoms with Crippen LogP contribution in [0.2, 0.25) is 0 Å². The van der Waals surface area contributed by atoms with Crippen LogP contribution in [-0.2, 0) is 4.57 Å². The van der Waals surface area contributed by atoms with E-state index in [-0.39, 0.29) is 41.7 Å². The second kappa shape index (κ2) is 7.87.